The Balaban J connectivity index is 2.22. The van der Waals surface area contributed by atoms with Crippen LogP contribution < -0.4 is 5.73 Å². The quantitative estimate of drug-likeness (QED) is 0.837. The fraction of sp³-hybridized carbons (Fsp3) is 0.800. The first-order valence-electron chi connectivity index (χ1n) is 7.69. The van der Waals surface area contributed by atoms with Crippen molar-refractivity contribution in [3.63, 3.8) is 0 Å². The van der Waals surface area contributed by atoms with Crippen LogP contribution in [0.3, 0.4) is 0 Å². The van der Waals surface area contributed by atoms with Gasteiger partial charge in [-0.3, -0.25) is 4.68 Å². The molecule has 2 atom stereocenters. The van der Waals surface area contributed by atoms with Crippen molar-refractivity contribution < 1.29 is 0 Å². The summed E-state index contributed by atoms with van der Waals surface area (Å²) in [6, 6.07) is 0. The summed E-state index contributed by atoms with van der Waals surface area (Å²) in [6.45, 7) is 2.75. The number of nitrogens with two attached hydrogens (primary N) is 1. The average molecular weight is 343 g/mol. The molecule has 0 aromatic carbocycles. The van der Waals surface area contributed by atoms with Crippen molar-refractivity contribution in [2.24, 2.45) is 11.7 Å². The summed E-state index contributed by atoms with van der Waals surface area (Å²) in [7, 11) is 4.21. The lowest BCUT2D eigenvalue weighted by Crippen LogP contribution is -2.26. The van der Waals surface area contributed by atoms with Gasteiger partial charge in [0.2, 0.25) is 0 Å². The van der Waals surface area contributed by atoms with Gasteiger partial charge in [0.1, 0.15) is 0 Å². The molecule has 1 aliphatic carbocycles. The van der Waals surface area contributed by atoms with E-state index in [0.29, 0.717) is 11.8 Å². The smallest absolute Gasteiger partial charge is 0.0635 e. The van der Waals surface area contributed by atoms with Gasteiger partial charge in [-0.25, -0.2) is 0 Å². The molecular weight excluding hydrogens is 316 g/mol. The van der Waals surface area contributed by atoms with E-state index in [-0.39, 0.29) is 0 Å². The Morgan fingerprint density at radius 2 is 2.10 bits per heavy atom. The molecule has 0 amide bonds. The molecule has 2 unspecified atom stereocenters. The van der Waals surface area contributed by atoms with Gasteiger partial charge in [-0.2, -0.15) is 5.10 Å². The first-order chi connectivity index (χ1) is 9.63. The molecular formula is C15H27BrN4. The molecule has 2 N–H and O–H groups in total. The minimum atomic E-state index is 0.557. The second kappa shape index (κ2) is 7.57. The third kappa shape index (κ3) is 3.83. The molecule has 1 heterocycles. The molecule has 0 spiro atoms. The number of halogens is 1. The van der Waals surface area contributed by atoms with Crippen molar-refractivity contribution in [3.05, 3.63) is 16.4 Å². The largest absolute Gasteiger partial charge is 0.330 e. The Morgan fingerprint density at radius 3 is 2.80 bits per heavy atom. The van der Waals surface area contributed by atoms with Gasteiger partial charge < -0.3 is 10.6 Å². The van der Waals surface area contributed by atoms with Crippen LogP contribution in [0.4, 0.5) is 0 Å². The van der Waals surface area contributed by atoms with Crippen molar-refractivity contribution in [3.8, 4) is 0 Å². The molecule has 5 heteroatoms. The second-order valence-electron chi connectivity index (χ2n) is 6.14. The summed E-state index contributed by atoms with van der Waals surface area (Å²) in [5.41, 5.74) is 7.40. The molecule has 0 radical (unpaired) electrons. The van der Waals surface area contributed by atoms with E-state index in [0.717, 1.165) is 24.1 Å². The van der Waals surface area contributed by atoms with E-state index in [1.807, 2.05) is 6.20 Å². The van der Waals surface area contributed by atoms with Crippen molar-refractivity contribution in [2.45, 2.75) is 44.6 Å². The van der Waals surface area contributed by atoms with Gasteiger partial charge in [-0.1, -0.05) is 19.3 Å². The van der Waals surface area contributed by atoms with Gasteiger partial charge in [0, 0.05) is 12.5 Å². The summed E-state index contributed by atoms with van der Waals surface area (Å²) >= 11 is 3.70. The molecule has 1 aromatic heterocycles. The molecule has 1 fully saturated rings. The first kappa shape index (κ1) is 16.0. The number of nitrogens with zero attached hydrogens (tertiary/aromatic N) is 3. The van der Waals surface area contributed by atoms with E-state index in [1.165, 1.54) is 37.8 Å². The summed E-state index contributed by atoms with van der Waals surface area (Å²) in [5, 5.41) is 4.56. The third-order valence-corrected chi connectivity index (χ3v) is 5.02. The monoisotopic (exact) mass is 342 g/mol. The SMILES string of the molecule is CN(C)CCn1ncc(Br)c1C1CCCCCC1CN. The van der Waals surface area contributed by atoms with Crippen molar-refractivity contribution >= 4 is 15.9 Å². The molecule has 1 saturated carbocycles. The fourth-order valence-corrected chi connectivity index (χ4v) is 3.83. The van der Waals surface area contributed by atoms with E-state index in [9.17, 15) is 0 Å². The Labute approximate surface area is 130 Å². The topological polar surface area (TPSA) is 47.1 Å². The molecule has 2 rings (SSSR count). The normalized spacial score (nSPS) is 24.1. The van der Waals surface area contributed by atoms with E-state index in [2.05, 4.69) is 44.7 Å². The number of hydrogen-bond donors (Lipinski definition) is 1. The number of aromatic nitrogens is 2. The van der Waals surface area contributed by atoms with Crippen LogP contribution in [0, 0.1) is 5.92 Å². The molecule has 20 heavy (non-hydrogen) atoms. The molecule has 114 valence electrons. The van der Waals surface area contributed by atoms with Crippen LogP contribution in [-0.2, 0) is 6.54 Å². The Morgan fingerprint density at radius 1 is 1.35 bits per heavy atom. The van der Waals surface area contributed by atoms with Crippen LogP contribution in [0.2, 0.25) is 0 Å². The average Bonchev–Trinajstić information content (AvgIpc) is 2.63. The van der Waals surface area contributed by atoms with Crippen LogP contribution >= 0.6 is 15.9 Å². The maximum atomic E-state index is 6.04. The van der Waals surface area contributed by atoms with Crippen molar-refractivity contribution in [2.75, 3.05) is 27.2 Å². The Hall–Kier alpha value is -0.390. The lowest BCUT2D eigenvalue weighted by Gasteiger charge is -2.25. The van der Waals surface area contributed by atoms with Crippen LogP contribution in [0.5, 0.6) is 0 Å². The van der Waals surface area contributed by atoms with Gasteiger partial charge in [0.05, 0.1) is 22.9 Å². The highest BCUT2D eigenvalue weighted by Gasteiger charge is 2.28. The lowest BCUT2D eigenvalue weighted by molar-refractivity contribution is 0.346. The summed E-state index contributed by atoms with van der Waals surface area (Å²) in [4.78, 5) is 2.20. The highest BCUT2D eigenvalue weighted by Crippen LogP contribution is 2.39. The first-order valence-corrected chi connectivity index (χ1v) is 8.48. The van der Waals surface area contributed by atoms with E-state index in [1.54, 1.807) is 0 Å². The van der Waals surface area contributed by atoms with Gasteiger partial charge in [-0.05, 0) is 55.3 Å². The van der Waals surface area contributed by atoms with Crippen LogP contribution in [0.15, 0.2) is 10.7 Å². The number of likely N-dealkylation sites (N-methyl/N-ethyl adjacent to an activating group) is 1. The van der Waals surface area contributed by atoms with Crippen LogP contribution in [-0.4, -0.2) is 41.9 Å². The molecule has 1 aromatic rings. The van der Waals surface area contributed by atoms with Gasteiger partial charge >= 0.3 is 0 Å². The number of rotatable bonds is 5. The Kier molecular flexibility index (Phi) is 6.05. The van der Waals surface area contributed by atoms with Crippen LogP contribution in [0.1, 0.15) is 43.7 Å². The summed E-state index contributed by atoms with van der Waals surface area (Å²) < 4.78 is 3.34. The predicted octanol–water partition coefficient (Wildman–Crippen LogP) is 2.83. The van der Waals surface area contributed by atoms with Gasteiger partial charge in [0.15, 0.2) is 0 Å². The van der Waals surface area contributed by atoms with E-state index < -0.39 is 0 Å². The van der Waals surface area contributed by atoms with Crippen LogP contribution in [0.25, 0.3) is 0 Å². The number of hydrogen-bond acceptors (Lipinski definition) is 3. The highest BCUT2D eigenvalue weighted by molar-refractivity contribution is 9.10. The van der Waals surface area contributed by atoms with Crippen molar-refractivity contribution in [1.29, 1.82) is 0 Å². The fourth-order valence-electron chi connectivity index (χ4n) is 3.24. The minimum absolute atomic E-state index is 0.557. The lowest BCUT2D eigenvalue weighted by atomic mass is 9.85. The molecule has 0 saturated heterocycles. The standard InChI is InChI=1S/C15H27BrN4/c1-19(2)8-9-20-15(14(16)11-18-20)13-7-5-3-4-6-12(13)10-17/h11-13H,3-10,17H2,1-2H3. The predicted molar refractivity (Wildman–Crippen MR) is 86.9 cm³/mol. The maximum absolute atomic E-state index is 6.04. The van der Waals surface area contributed by atoms with E-state index >= 15 is 0 Å². The van der Waals surface area contributed by atoms with E-state index in [4.69, 9.17) is 5.73 Å². The Bertz CT molecular complexity index is 416. The highest BCUT2D eigenvalue weighted by atomic mass is 79.9. The summed E-state index contributed by atoms with van der Waals surface area (Å²) in [6.07, 6.45) is 8.43. The second-order valence-corrected chi connectivity index (χ2v) is 7.00. The molecule has 0 bridgehead atoms. The molecule has 1 aliphatic rings. The van der Waals surface area contributed by atoms with Gasteiger partial charge in [0.25, 0.3) is 0 Å². The third-order valence-electron chi connectivity index (χ3n) is 4.41. The zero-order chi connectivity index (χ0) is 14.5. The zero-order valence-electron chi connectivity index (χ0n) is 12.7. The maximum Gasteiger partial charge on any atom is 0.0635 e. The van der Waals surface area contributed by atoms with Crippen molar-refractivity contribution in [1.82, 2.24) is 14.7 Å². The summed E-state index contributed by atoms with van der Waals surface area (Å²) in [5.74, 6) is 1.16. The van der Waals surface area contributed by atoms with Gasteiger partial charge in [-0.15, -0.1) is 0 Å². The minimum Gasteiger partial charge on any atom is -0.330 e. The molecule has 0 aliphatic heterocycles. The molecule has 4 nitrogen and oxygen atoms in total. The zero-order valence-corrected chi connectivity index (χ0v) is 14.3.